The van der Waals surface area contributed by atoms with E-state index in [1.54, 1.807) is 6.92 Å². The number of pyridine rings is 1. The van der Waals surface area contributed by atoms with E-state index in [0.717, 1.165) is 0 Å². The maximum Gasteiger partial charge on any atom is 0.265 e. The lowest BCUT2D eigenvalue weighted by Crippen LogP contribution is -2.25. The van der Waals surface area contributed by atoms with Crippen LogP contribution in [0.5, 0.6) is 5.75 Å². The van der Waals surface area contributed by atoms with Crippen molar-refractivity contribution < 1.29 is 14.3 Å². The van der Waals surface area contributed by atoms with Crippen molar-refractivity contribution in [2.24, 2.45) is 7.05 Å². The molecule has 0 atom stereocenters. The van der Waals surface area contributed by atoms with Gasteiger partial charge in [0, 0.05) is 19.5 Å². The monoisotopic (exact) mass is 275 g/mol. The fraction of sp³-hybridized carbons (Fsp3) is 0.200. The first-order chi connectivity index (χ1) is 9.45. The zero-order valence-electron chi connectivity index (χ0n) is 11.2. The van der Waals surface area contributed by atoms with Gasteiger partial charge in [0.15, 0.2) is 5.78 Å². The van der Waals surface area contributed by atoms with Crippen LogP contribution in [0.3, 0.4) is 0 Å². The van der Waals surface area contributed by atoms with Gasteiger partial charge in [-0.05, 0) is 29.8 Å². The van der Waals surface area contributed by atoms with Crippen molar-refractivity contribution in [1.29, 1.82) is 0 Å². The van der Waals surface area contributed by atoms with E-state index in [1.807, 2.05) is 0 Å². The minimum atomic E-state index is -0.559. The standard InChI is InChI=1S/C15H14FNO3/c1-3-12(18)14-13(19)8-11(17(2)15(14)20)9-4-6-10(16)7-5-9/h4-8,19H,3H2,1-2H3. The maximum atomic E-state index is 12.9. The third kappa shape index (κ3) is 2.34. The quantitative estimate of drug-likeness (QED) is 0.875. The number of hydrogen-bond donors (Lipinski definition) is 1. The molecule has 2 rings (SSSR count). The van der Waals surface area contributed by atoms with E-state index in [0.29, 0.717) is 11.3 Å². The van der Waals surface area contributed by atoms with E-state index in [-0.39, 0.29) is 23.6 Å². The molecule has 0 amide bonds. The van der Waals surface area contributed by atoms with E-state index in [2.05, 4.69) is 0 Å². The number of aromatic nitrogens is 1. The molecular formula is C15H14FNO3. The Labute approximate surface area is 115 Å². The van der Waals surface area contributed by atoms with Crippen LogP contribution in [0.2, 0.25) is 0 Å². The number of ketones is 1. The summed E-state index contributed by atoms with van der Waals surface area (Å²) >= 11 is 0. The molecule has 1 aromatic heterocycles. The van der Waals surface area contributed by atoms with Crippen molar-refractivity contribution in [3.8, 4) is 17.0 Å². The Morgan fingerprint density at radius 1 is 1.30 bits per heavy atom. The second kappa shape index (κ2) is 5.28. The molecule has 2 aromatic rings. The van der Waals surface area contributed by atoms with Gasteiger partial charge >= 0.3 is 0 Å². The first-order valence-electron chi connectivity index (χ1n) is 6.17. The second-order valence-corrected chi connectivity index (χ2v) is 4.44. The molecule has 0 fully saturated rings. The number of hydrogen-bond acceptors (Lipinski definition) is 3. The highest BCUT2D eigenvalue weighted by atomic mass is 19.1. The predicted octanol–water partition coefficient (Wildman–Crippen LogP) is 2.49. The number of aromatic hydroxyl groups is 1. The number of Topliss-reactive ketones (excluding diaryl/α,β-unsaturated/α-hetero) is 1. The van der Waals surface area contributed by atoms with E-state index in [9.17, 15) is 19.1 Å². The van der Waals surface area contributed by atoms with E-state index < -0.39 is 11.3 Å². The summed E-state index contributed by atoms with van der Waals surface area (Å²) in [6, 6.07) is 6.89. The summed E-state index contributed by atoms with van der Waals surface area (Å²) in [5.41, 5.74) is 0.231. The average Bonchev–Trinajstić information content (AvgIpc) is 2.43. The fourth-order valence-corrected chi connectivity index (χ4v) is 2.02. The molecule has 0 aliphatic carbocycles. The summed E-state index contributed by atoms with van der Waals surface area (Å²) in [6.45, 7) is 1.62. The minimum absolute atomic E-state index is 0.138. The minimum Gasteiger partial charge on any atom is -0.507 e. The molecule has 0 radical (unpaired) electrons. The van der Waals surface area contributed by atoms with Gasteiger partial charge in [-0.3, -0.25) is 9.59 Å². The van der Waals surface area contributed by atoms with Gasteiger partial charge in [-0.15, -0.1) is 0 Å². The number of rotatable bonds is 3. The van der Waals surface area contributed by atoms with Gasteiger partial charge in [-0.2, -0.15) is 0 Å². The van der Waals surface area contributed by atoms with Crippen LogP contribution in [0.25, 0.3) is 11.3 Å². The highest BCUT2D eigenvalue weighted by Gasteiger charge is 2.18. The molecule has 1 heterocycles. The summed E-state index contributed by atoms with van der Waals surface area (Å²) < 4.78 is 14.2. The molecule has 5 heteroatoms. The van der Waals surface area contributed by atoms with Crippen LogP contribution in [-0.4, -0.2) is 15.5 Å². The zero-order chi connectivity index (χ0) is 14.9. The largest absolute Gasteiger partial charge is 0.507 e. The molecule has 0 saturated heterocycles. The highest BCUT2D eigenvalue weighted by Crippen LogP contribution is 2.24. The molecule has 0 aliphatic rings. The van der Waals surface area contributed by atoms with Crippen LogP contribution in [0.15, 0.2) is 35.1 Å². The van der Waals surface area contributed by atoms with Crippen molar-refractivity contribution in [2.45, 2.75) is 13.3 Å². The van der Waals surface area contributed by atoms with Gasteiger partial charge in [0.1, 0.15) is 17.1 Å². The third-order valence-corrected chi connectivity index (χ3v) is 3.15. The second-order valence-electron chi connectivity index (χ2n) is 4.44. The van der Waals surface area contributed by atoms with Gasteiger partial charge in [0.2, 0.25) is 0 Å². The highest BCUT2D eigenvalue weighted by molar-refractivity contribution is 5.98. The van der Waals surface area contributed by atoms with Crippen molar-refractivity contribution in [3.05, 3.63) is 52.1 Å². The van der Waals surface area contributed by atoms with Gasteiger partial charge in [-0.25, -0.2) is 4.39 Å². The molecule has 4 nitrogen and oxygen atoms in total. The van der Waals surface area contributed by atoms with Crippen LogP contribution < -0.4 is 5.56 Å². The molecule has 0 aliphatic heterocycles. The molecule has 20 heavy (non-hydrogen) atoms. The summed E-state index contributed by atoms with van der Waals surface area (Å²) in [6.07, 6.45) is 0.138. The van der Waals surface area contributed by atoms with Crippen molar-refractivity contribution in [1.82, 2.24) is 4.57 Å². The zero-order valence-corrected chi connectivity index (χ0v) is 11.2. The molecule has 0 unspecified atom stereocenters. The normalized spacial score (nSPS) is 10.6. The number of halogens is 1. The lowest BCUT2D eigenvalue weighted by Gasteiger charge is -2.11. The molecule has 104 valence electrons. The van der Waals surface area contributed by atoms with Crippen LogP contribution in [0.1, 0.15) is 23.7 Å². The van der Waals surface area contributed by atoms with Crippen molar-refractivity contribution in [3.63, 3.8) is 0 Å². The summed E-state index contributed by atoms with van der Waals surface area (Å²) in [7, 11) is 1.51. The number of nitrogens with zero attached hydrogens (tertiary/aromatic N) is 1. The number of carbonyl (C=O) groups excluding carboxylic acids is 1. The molecule has 0 spiro atoms. The summed E-state index contributed by atoms with van der Waals surface area (Å²) in [5, 5.41) is 9.91. The molecule has 0 saturated carbocycles. The van der Waals surface area contributed by atoms with Crippen LogP contribution >= 0.6 is 0 Å². The Bertz CT molecular complexity index is 717. The van der Waals surface area contributed by atoms with Crippen molar-refractivity contribution >= 4 is 5.78 Å². The molecular weight excluding hydrogens is 261 g/mol. The maximum absolute atomic E-state index is 12.9. The average molecular weight is 275 g/mol. The topological polar surface area (TPSA) is 59.3 Å². The first-order valence-corrected chi connectivity index (χ1v) is 6.17. The Kier molecular flexibility index (Phi) is 3.70. The smallest absolute Gasteiger partial charge is 0.265 e. The van der Waals surface area contributed by atoms with E-state index in [1.165, 1.54) is 41.9 Å². The van der Waals surface area contributed by atoms with Crippen LogP contribution in [0.4, 0.5) is 4.39 Å². The first kappa shape index (κ1) is 14.0. The van der Waals surface area contributed by atoms with Gasteiger partial charge in [0.25, 0.3) is 5.56 Å². The van der Waals surface area contributed by atoms with Gasteiger partial charge < -0.3 is 9.67 Å². The lowest BCUT2D eigenvalue weighted by atomic mass is 10.1. The number of carbonyl (C=O) groups is 1. The Morgan fingerprint density at radius 2 is 1.90 bits per heavy atom. The van der Waals surface area contributed by atoms with E-state index >= 15 is 0 Å². The Morgan fingerprint density at radius 3 is 2.45 bits per heavy atom. The summed E-state index contributed by atoms with van der Waals surface area (Å²) in [5.74, 6) is -1.14. The Balaban J connectivity index is 2.66. The molecule has 0 bridgehead atoms. The van der Waals surface area contributed by atoms with Gasteiger partial charge in [-0.1, -0.05) is 6.92 Å². The van der Waals surface area contributed by atoms with Crippen LogP contribution in [0, 0.1) is 5.82 Å². The number of benzene rings is 1. The molecule has 1 N–H and O–H groups in total. The lowest BCUT2D eigenvalue weighted by molar-refractivity contribution is 0.0983. The predicted molar refractivity (Wildman–Crippen MR) is 73.4 cm³/mol. The summed E-state index contributed by atoms with van der Waals surface area (Å²) in [4.78, 5) is 23.8. The van der Waals surface area contributed by atoms with Crippen LogP contribution in [-0.2, 0) is 7.05 Å². The van der Waals surface area contributed by atoms with Crippen molar-refractivity contribution in [2.75, 3.05) is 0 Å². The Hall–Kier alpha value is -2.43. The molecule has 1 aromatic carbocycles. The SMILES string of the molecule is CCC(=O)c1c(O)cc(-c2ccc(F)cc2)n(C)c1=O. The third-order valence-electron chi connectivity index (χ3n) is 3.15. The van der Waals surface area contributed by atoms with Gasteiger partial charge in [0.05, 0.1) is 5.69 Å². The fourth-order valence-electron chi connectivity index (χ4n) is 2.02. The van der Waals surface area contributed by atoms with E-state index in [4.69, 9.17) is 0 Å².